The molecule has 2 aliphatic rings. The summed E-state index contributed by atoms with van der Waals surface area (Å²) in [6.07, 6.45) is 3.41. The summed E-state index contributed by atoms with van der Waals surface area (Å²) in [6.45, 7) is 0. The molecule has 0 aromatic rings. The van der Waals surface area contributed by atoms with Gasteiger partial charge in [-0.25, -0.2) is 4.79 Å². The summed E-state index contributed by atoms with van der Waals surface area (Å²) in [4.78, 5) is 22.1. The number of urea groups is 1. The van der Waals surface area contributed by atoms with Crippen molar-refractivity contribution >= 4 is 23.8 Å². The Bertz CT molecular complexity index is 311. The van der Waals surface area contributed by atoms with Gasteiger partial charge in [-0.1, -0.05) is 6.42 Å². The van der Waals surface area contributed by atoms with Crippen molar-refractivity contribution in [1.82, 2.24) is 10.6 Å². The van der Waals surface area contributed by atoms with Crippen molar-refractivity contribution in [1.29, 1.82) is 0 Å². The second kappa shape index (κ2) is 5.62. The summed E-state index contributed by atoms with van der Waals surface area (Å²) in [5.41, 5.74) is 0. The standard InChI is InChI=1S/C11H18N2O3S/c1-16-9(14)5-3-2-4-8-10-7(6-17-8)12-11(15)13-10/h7-8,10H,2-6H2,1H3,(H2,12,13,15)/t7-,8-,10-/m1/s1. The number of nitrogens with one attached hydrogen (secondary N) is 2. The average Bonchev–Trinajstić information content (AvgIpc) is 2.84. The van der Waals surface area contributed by atoms with Gasteiger partial charge in [0, 0.05) is 17.4 Å². The van der Waals surface area contributed by atoms with E-state index in [4.69, 9.17) is 0 Å². The van der Waals surface area contributed by atoms with E-state index in [2.05, 4.69) is 15.4 Å². The number of hydrogen-bond donors (Lipinski definition) is 2. The van der Waals surface area contributed by atoms with E-state index in [0.717, 1.165) is 25.0 Å². The number of ether oxygens (including phenoxy) is 1. The first-order valence-corrected chi connectivity index (χ1v) is 7.01. The number of amides is 2. The van der Waals surface area contributed by atoms with Crippen LogP contribution in [0.4, 0.5) is 4.79 Å². The molecule has 2 fully saturated rings. The lowest BCUT2D eigenvalue weighted by Gasteiger charge is -2.16. The first-order valence-electron chi connectivity index (χ1n) is 5.96. The van der Waals surface area contributed by atoms with Crippen molar-refractivity contribution in [3.05, 3.63) is 0 Å². The second-order valence-electron chi connectivity index (χ2n) is 4.44. The minimum absolute atomic E-state index is 0.0418. The van der Waals surface area contributed by atoms with Crippen LogP contribution in [0.3, 0.4) is 0 Å². The number of carbonyl (C=O) groups is 2. The van der Waals surface area contributed by atoms with Crippen LogP contribution >= 0.6 is 11.8 Å². The van der Waals surface area contributed by atoms with Crippen LogP contribution in [0.2, 0.25) is 0 Å². The summed E-state index contributed by atoms with van der Waals surface area (Å²) >= 11 is 1.91. The zero-order valence-electron chi connectivity index (χ0n) is 9.90. The van der Waals surface area contributed by atoms with E-state index < -0.39 is 0 Å². The van der Waals surface area contributed by atoms with Gasteiger partial charge in [-0.15, -0.1) is 0 Å². The smallest absolute Gasteiger partial charge is 0.315 e. The highest BCUT2D eigenvalue weighted by Gasteiger charge is 2.42. The van der Waals surface area contributed by atoms with E-state index in [-0.39, 0.29) is 24.1 Å². The Morgan fingerprint density at radius 2 is 2.29 bits per heavy atom. The Morgan fingerprint density at radius 3 is 3.06 bits per heavy atom. The van der Waals surface area contributed by atoms with E-state index in [1.54, 1.807) is 0 Å². The molecule has 0 spiro atoms. The van der Waals surface area contributed by atoms with Crippen molar-refractivity contribution in [2.75, 3.05) is 12.9 Å². The van der Waals surface area contributed by atoms with Gasteiger partial charge in [0.05, 0.1) is 19.2 Å². The van der Waals surface area contributed by atoms with Crippen molar-refractivity contribution in [3.63, 3.8) is 0 Å². The largest absolute Gasteiger partial charge is 0.469 e. The Balaban J connectivity index is 1.66. The minimum atomic E-state index is -0.141. The molecular weight excluding hydrogens is 240 g/mol. The monoisotopic (exact) mass is 258 g/mol. The molecule has 2 N–H and O–H groups in total. The van der Waals surface area contributed by atoms with Crippen LogP contribution in [0.5, 0.6) is 0 Å². The predicted octanol–water partition coefficient (Wildman–Crippen LogP) is 0.885. The highest BCUT2D eigenvalue weighted by atomic mass is 32.2. The molecule has 0 aromatic heterocycles. The molecular formula is C11H18N2O3S. The van der Waals surface area contributed by atoms with E-state index in [1.807, 2.05) is 11.8 Å². The van der Waals surface area contributed by atoms with Gasteiger partial charge in [0.2, 0.25) is 0 Å². The van der Waals surface area contributed by atoms with Gasteiger partial charge >= 0.3 is 12.0 Å². The zero-order chi connectivity index (χ0) is 12.3. The molecule has 17 heavy (non-hydrogen) atoms. The number of unbranched alkanes of at least 4 members (excludes halogenated alkanes) is 1. The molecule has 0 radical (unpaired) electrons. The lowest BCUT2D eigenvalue weighted by Crippen LogP contribution is -2.36. The van der Waals surface area contributed by atoms with Gasteiger partial charge in [0.25, 0.3) is 0 Å². The Morgan fingerprint density at radius 1 is 1.47 bits per heavy atom. The number of methoxy groups -OCH3 is 1. The quantitative estimate of drug-likeness (QED) is 0.436. The molecule has 3 atom stereocenters. The lowest BCUT2D eigenvalue weighted by atomic mass is 10.0. The van der Waals surface area contributed by atoms with Crippen LogP contribution < -0.4 is 10.6 Å². The van der Waals surface area contributed by atoms with E-state index in [9.17, 15) is 9.59 Å². The van der Waals surface area contributed by atoms with Crippen molar-refractivity contribution in [2.24, 2.45) is 0 Å². The van der Waals surface area contributed by atoms with Crippen molar-refractivity contribution in [2.45, 2.75) is 43.0 Å². The molecule has 5 nitrogen and oxygen atoms in total. The van der Waals surface area contributed by atoms with Crippen LogP contribution in [0.1, 0.15) is 25.7 Å². The predicted molar refractivity (Wildman–Crippen MR) is 66.0 cm³/mol. The van der Waals surface area contributed by atoms with Crippen LogP contribution in [-0.4, -0.2) is 42.2 Å². The fraction of sp³-hybridized carbons (Fsp3) is 0.818. The molecule has 2 aliphatic heterocycles. The molecule has 0 aromatic carbocycles. The third-order valence-electron chi connectivity index (χ3n) is 3.29. The third-order valence-corrected chi connectivity index (χ3v) is 4.79. The number of esters is 1. The maximum absolute atomic E-state index is 11.2. The zero-order valence-corrected chi connectivity index (χ0v) is 10.7. The Labute approximate surface area is 105 Å². The van der Waals surface area contributed by atoms with Crippen LogP contribution in [-0.2, 0) is 9.53 Å². The first kappa shape index (κ1) is 12.5. The second-order valence-corrected chi connectivity index (χ2v) is 5.72. The molecule has 2 rings (SSSR count). The molecule has 2 heterocycles. The number of carbonyl (C=O) groups excluding carboxylic acids is 2. The van der Waals surface area contributed by atoms with Crippen LogP contribution in [0.15, 0.2) is 0 Å². The average molecular weight is 258 g/mol. The Kier molecular flexibility index (Phi) is 4.15. The van der Waals surface area contributed by atoms with Gasteiger partial charge in [-0.05, 0) is 12.8 Å². The number of rotatable bonds is 5. The number of thioether (sulfide) groups is 1. The van der Waals surface area contributed by atoms with Crippen molar-refractivity contribution in [3.8, 4) is 0 Å². The highest BCUT2D eigenvalue weighted by molar-refractivity contribution is 8.00. The topological polar surface area (TPSA) is 67.4 Å². The lowest BCUT2D eigenvalue weighted by molar-refractivity contribution is -0.140. The molecule has 0 bridgehead atoms. The maximum Gasteiger partial charge on any atom is 0.315 e. The minimum Gasteiger partial charge on any atom is -0.469 e. The maximum atomic E-state index is 11.2. The molecule has 0 unspecified atom stereocenters. The van der Waals surface area contributed by atoms with Crippen LogP contribution in [0.25, 0.3) is 0 Å². The highest BCUT2D eigenvalue weighted by Crippen LogP contribution is 2.33. The summed E-state index contributed by atoms with van der Waals surface area (Å²) in [5, 5.41) is 6.37. The third kappa shape index (κ3) is 3.06. The fourth-order valence-electron chi connectivity index (χ4n) is 2.36. The molecule has 2 saturated heterocycles. The normalized spacial score (nSPS) is 30.6. The molecule has 0 aliphatic carbocycles. The SMILES string of the molecule is COC(=O)CCCC[C@H]1SC[C@H]2NC(=O)N[C@H]21. The molecule has 0 saturated carbocycles. The molecule has 96 valence electrons. The van der Waals surface area contributed by atoms with Gasteiger partial charge in [-0.3, -0.25) is 4.79 Å². The summed E-state index contributed by atoms with van der Waals surface area (Å²) in [7, 11) is 1.42. The van der Waals surface area contributed by atoms with Crippen LogP contribution in [0, 0.1) is 0 Å². The fourth-order valence-corrected chi connectivity index (χ4v) is 3.90. The van der Waals surface area contributed by atoms with E-state index in [0.29, 0.717) is 11.7 Å². The van der Waals surface area contributed by atoms with Gasteiger partial charge < -0.3 is 15.4 Å². The Hall–Kier alpha value is -0.910. The molecule has 6 heteroatoms. The van der Waals surface area contributed by atoms with Crippen molar-refractivity contribution < 1.29 is 14.3 Å². The first-order chi connectivity index (χ1) is 8.20. The van der Waals surface area contributed by atoms with Gasteiger partial charge in [0.1, 0.15) is 0 Å². The number of hydrogen-bond acceptors (Lipinski definition) is 4. The van der Waals surface area contributed by atoms with Gasteiger partial charge in [0.15, 0.2) is 0 Å². The van der Waals surface area contributed by atoms with E-state index >= 15 is 0 Å². The summed E-state index contributed by atoms with van der Waals surface area (Å²) < 4.78 is 4.59. The van der Waals surface area contributed by atoms with E-state index in [1.165, 1.54) is 7.11 Å². The summed E-state index contributed by atoms with van der Waals surface area (Å²) in [6, 6.07) is 0.517. The van der Waals surface area contributed by atoms with Gasteiger partial charge in [-0.2, -0.15) is 11.8 Å². The molecule has 2 amide bonds. The number of fused-ring (bicyclic) bond motifs is 1. The summed E-state index contributed by atoms with van der Waals surface area (Å²) in [5.74, 6) is 0.850.